The van der Waals surface area contributed by atoms with Gasteiger partial charge in [-0.3, -0.25) is 0 Å². The Morgan fingerprint density at radius 1 is 1.10 bits per heavy atom. The zero-order valence-corrected chi connectivity index (χ0v) is 8.05. The van der Waals surface area contributed by atoms with E-state index in [1.54, 1.807) is 12.1 Å². The Morgan fingerprint density at radius 2 is 1.60 bits per heavy atom. The van der Waals surface area contributed by atoms with Gasteiger partial charge in [-0.2, -0.15) is 0 Å². The third-order valence-electron chi connectivity index (χ3n) is 0.963. The minimum atomic E-state index is 0.529. The van der Waals surface area contributed by atoms with E-state index in [4.69, 9.17) is 5.39 Å². The van der Waals surface area contributed by atoms with Crippen molar-refractivity contribution in [3.05, 3.63) is 32.1 Å². The fraction of sp³-hybridized carbons (Fsp3) is 0. The lowest BCUT2D eigenvalue weighted by Crippen LogP contribution is -1.65. The molecule has 1 aromatic rings. The van der Waals surface area contributed by atoms with Gasteiger partial charge in [0, 0.05) is 21.1 Å². The maximum Gasteiger partial charge on any atom is 0.387 e. The highest BCUT2D eigenvalue weighted by molar-refractivity contribution is 9.11. The molecule has 0 bridgehead atoms. The van der Waals surface area contributed by atoms with Crippen molar-refractivity contribution in [2.75, 3.05) is 0 Å². The SMILES string of the molecule is N#[N+]c1cc(Br)cc(Br)c1. The maximum atomic E-state index is 8.37. The zero-order chi connectivity index (χ0) is 7.56. The molecule has 0 aliphatic rings. The van der Waals surface area contributed by atoms with Gasteiger partial charge in [-0.15, -0.1) is 0 Å². The average molecular weight is 263 g/mol. The van der Waals surface area contributed by atoms with Gasteiger partial charge in [-0.05, 0) is 6.07 Å². The highest BCUT2D eigenvalue weighted by Crippen LogP contribution is 2.24. The number of hydrogen-bond acceptors (Lipinski definition) is 1. The van der Waals surface area contributed by atoms with Crippen molar-refractivity contribution in [1.29, 1.82) is 5.39 Å². The number of nitrogens with zero attached hydrogens (tertiary/aromatic N) is 2. The van der Waals surface area contributed by atoms with Crippen LogP contribution < -0.4 is 0 Å². The quantitative estimate of drug-likeness (QED) is 0.656. The Hall–Kier alpha value is -0.400. The van der Waals surface area contributed by atoms with Gasteiger partial charge in [0.2, 0.25) is 5.39 Å². The first kappa shape index (κ1) is 7.70. The van der Waals surface area contributed by atoms with Gasteiger partial charge in [-0.25, -0.2) is 0 Å². The molecule has 0 aliphatic carbocycles. The summed E-state index contributed by atoms with van der Waals surface area (Å²) in [5.74, 6) is 0. The topological polar surface area (TPSA) is 28.1 Å². The maximum absolute atomic E-state index is 8.37. The first-order valence-electron chi connectivity index (χ1n) is 2.53. The Morgan fingerprint density at radius 3 is 2.00 bits per heavy atom. The van der Waals surface area contributed by atoms with E-state index in [9.17, 15) is 0 Å². The van der Waals surface area contributed by atoms with Gasteiger partial charge in [0.15, 0.2) is 4.98 Å². The molecule has 0 saturated carbocycles. The van der Waals surface area contributed by atoms with Crippen LogP contribution in [0.1, 0.15) is 0 Å². The van der Waals surface area contributed by atoms with Crippen molar-refractivity contribution in [3.8, 4) is 0 Å². The third kappa shape index (κ3) is 1.79. The molecule has 50 valence electrons. The molecule has 0 saturated heterocycles. The van der Waals surface area contributed by atoms with Crippen LogP contribution in [0.5, 0.6) is 0 Å². The second-order valence-corrected chi connectivity index (χ2v) is 3.56. The Balaban J connectivity index is 3.22. The summed E-state index contributed by atoms with van der Waals surface area (Å²) in [4.78, 5) is 3.03. The second kappa shape index (κ2) is 3.13. The van der Waals surface area contributed by atoms with Crippen LogP contribution in [0.25, 0.3) is 4.98 Å². The van der Waals surface area contributed by atoms with E-state index in [-0.39, 0.29) is 0 Å². The van der Waals surface area contributed by atoms with Gasteiger partial charge in [0.1, 0.15) is 0 Å². The zero-order valence-electron chi connectivity index (χ0n) is 4.88. The normalized spacial score (nSPS) is 8.90. The van der Waals surface area contributed by atoms with Crippen molar-refractivity contribution in [1.82, 2.24) is 0 Å². The van der Waals surface area contributed by atoms with Gasteiger partial charge in [0.05, 0.1) is 0 Å². The van der Waals surface area contributed by atoms with Crippen molar-refractivity contribution < 1.29 is 0 Å². The lowest BCUT2D eigenvalue weighted by molar-refractivity contribution is 1.45. The van der Waals surface area contributed by atoms with Crippen molar-refractivity contribution in [2.45, 2.75) is 0 Å². The van der Waals surface area contributed by atoms with Gasteiger partial charge < -0.3 is 0 Å². The van der Waals surface area contributed by atoms with Crippen LogP contribution in [0, 0.1) is 5.39 Å². The van der Waals surface area contributed by atoms with Gasteiger partial charge in [0.25, 0.3) is 0 Å². The first-order valence-corrected chi connectivity index (χ1v) is 4.12. The molecule has 0 heterocycles. The molecule has 4 heteroatoms. The van der Waals surface area contributed by atoms with E-state index in [0.29, 0.717) is 5.69 Å². The highest BCUT2D eigenvalue weighted by atomic mass is 79.9. The summed E-state index contributed by atoms with van der Waals surface area (Å²) < 4.78 is 1.77. The molecule has 1 rings (SSSR count). The van der Waals surface area contributed by atoms with Crippen LogP contribution in [0.3, 0.4) is 0 Å². The smallest absolute Gasteiger partial charge is 0.0505 e. The molecule has 0 radical (unpaired) electrons. The minimum Gasteiger partial charge on any atom is -0.0505 e. The van der Waals surface area contributed by atoms with E-state index in [1.807, 2.05) is 6.07 Å². The molecule has 0 fully saturated rings. The highest BCUT2D eigenvalue weighted by Gasteiger charge is 2.05. The molecule has 0 spiro atoms. The van der Waals surface area contributed by atoms with E-state index < -0.39 is 0 Å². The van der Waals surface area contributed by atoms with Crippen LogP contribution >= 0.6 is 31.9 Å². The minimum absolute atomic E-state index is 0.529. The third-order valence-corrected chi connectivity index (χ3v) is 1.88. The van der Waals surface area contributed by atoms with Gasteiger partial charge >= 0.3 is 5.69 Å². The lowest BCUT2D eigenvalue weighted by Gasteiger charge is -1.85. The van der Waals surface area contributed by atoms with E-state index >= 15 is 0 Å². The molecule has 0 aromatic heterocycles. The van der Waals surface area contributed by atoms with Gasteiger partial charge in [-0.1, -0.05) is 31.9 Å². The largest absolute Gasteiger partial charge is 0.387 e. The summed E-state index contributed by atoms with van der Waals surface area (Å²) in [6.45, 7) is 0. The second-order valence-electron chi connectivity index (χ2n) is 1.73. The average Bonchev–Trinajstić information content (AvgIpc) is 1.85. The molecular formula is C6H3Br2N2+. The number of halogens is 2. The summed E-state index contributed by atoms with van der Waals surface area (Å²) in [6.07, 6.45) is 0. The fourth-order valence-corrected chi connectivity index (χ4v) is 1.87. The number of diazo groups is 1. The Bertz CT molecular complexity index is 270. The van der Waals surface area contributed by atoms with Crippen LogP contribution in [0.2, 0.25) is 0 Å². The van der Waals surface area contributed by atoms with Crippen LogP contribution in [-0.4, -0.2) is 0 Å². The van der Waals surface area contributed by atoms with E-state index in [1.165, 1.54) is 0 Å². The summed E-state index contributed by atoms with van der Waals surface area (Å²) >= 11 is 6.51. The van der Waals surface area contributed by atoms with Crippen LogP contribution in [-0.2, 0) is 0 Å². The molecule has 0 aliphatic heterocycles. The number of benzene rings is 1. The first-order chi connectivity index (χ1) is 4.72. The molecule has 10 heavy (non-hydrogen) atoms. The Kier molecular flexibility index (Phi) is 2.41. The summed E-state index contributed by atoms with van der Waals surface area (Å²) in [6, 6.07) is 5.30. The van der Waals surface area contributed by atoms with E-state index in [0.717, 1.165) is 8.95 Å². The van der Waals surface area contributed by atoms with Crippen molar-refractivity contribution in [2.24, 2.45) is 0 Å². The monoisotopic (exact) mass is 261 g/mol. The predicted molar refractivity (Wildman–Crippen MR) is 46.6 cm³/mol. The molecule has 2 nitrogen and oxygen atoms in total. The lowest BCUT2D eigenvalue weighted by atomic mass is 10.3. The van der Waals surface area contributed by atoms with Crippen LogP contribution in [0.4, 0.5) is 5.69 Å². The molecule has 0 N–H and O–H groups in total. The van der Waals surface area contributed by atoms with Crippen molar-refractivity contribution in [3.63, 3.8) is 0 Å². The van der Waals surface area contributed by atoms with Crippen LogP contribution in [0.15, 0.2) is 27.1 Å². The number of hydrogen-bond donors (Lipinski definition) is 0. The summed E-state index contributed by atoms with van der Waals surface area (Å²) in [5.41, 5.74) is 0.529. The molecule has 0 unspecified atom stereocenters. The predicted octanol–water partition coefficient (Wildman–Crippen LogP) is 3.70. The molecule has 0 atom stereocenters. The van der Waals surface area contributed by atoms with E-state index in [2.05, 4.69) is 36.8 Å². The van der Waals surface area contributed by atoms with Crippen molar-refractivity contribution >= 4 is 37.5 Å². The summed E-state index contributed by atoms with van der Waals surface area (Å²) in [5, 5.41) is 8.37. The molecule has 1 aromatic carbocycles. The fourth-order valence-electron chi connectivity index (χ4n) is 0.597. The standard InChI is InChI=1S/C6H3Br2N2/c7-4-1-5(8)3-6(2-4)10-9/h1-3H/q+1. The summed E-state index contributed by atoms with van der Waals surface area (Å²) in [7, 11) is 0. The Labute approximate surface area is 75.1 Å². The molecular weight excluding hydrogens is 260 g/mol. The molecule has 0 amide bonds. The number of rotatable bonds is 0.